The highest BCUT2D eigenvalue weighted by molar-refractivity contribution is 7.89. The van der Waals surface area contributed by atoms with Crippen molar-refractivity contribution < 1.29 is 12.8 Å². The Labute approximate surface area is 128 Å². The molecule has 2 aromatic rings. The first-order valence-electron chi connectivity index (χ1n) is 6.21. The number of anilines is 1. The van der Waals surface area contributed by atoms with Gasteiger partial charge in [0.2, 0.25) is 15.9 Å². The van der Waals surface area contributed by atoms with E-state index in [-0.39, 0.29) is 15.8 Å². The second-order valence-corrected chi connectivity index (χ2v) is 6.88. The highest BCUT2D eigenvalue weighted by atomic mass is 35.5. The number of nitrogens with one attached hydrogen (secondary N) is 1. The number of nitrogens with zero attached hydrogens (tertiary/aromatic N) is 1. The van der Waals surface area contributed by atoms with E-state index in [1.54, 1.807) is 20.8 Å². The van der Waals surface area contributed by atoms with Crippen molar-refractivity contribution in [2.75, 3.05) is 5.73 Å². The molecule has 1 heterocycles. The number of aromatic nitrogens is 1. The molecule has 0 radical (unpaired) electrons. The Kier molecular flexibility index (Phi) is 4.27. The molecule has 0 fully saturated rings. The second-order valence-electron chi connectivity index (χ2n) is 4.79. The van der Waals surface area contributed by atoms with Crippen LogP contribution in [0.25, 0.3) is 0 Å². The number of nitrogen functional groups attached to an aromatic ring is 1. The third-order valence-electron chi connectivity index (χ3n) is 2.95. The highest BCUT2D eigenvalue weighted by Crippen LogP contribution is 2.27. The highest BCUT2D eigenvalue weighted by Gasteiger charge is 2.24. The maximum Gasteiger partial charge on any atom is 0.242 e. The Morgan fingerprint density at radius 1 is 1.38 bits per heavy atom. The van der Waals surface area contributed by atoms with Crippen molar-refractivity contribution in [3.63, 3.8) is 0 Å². The van der Waals surface area contributed by atoms with E-state index in [2.05, 4.69) is 9.71 Å². The summed E-state index contributed by atoms with van der Waals surface area (Å²) in [6, 6.07) is 2.24. The van der Waals surface area contributed by atoms with Gasteiger partial charge in [-0.2, -0.15) is 4.72 Å². The molecule has 0 aliphatic rings. The third-order valence-corrected chi connectivity index (χ3v) is 4.96. The molecule has 8 heteroatoms. The normalized spacial score (nSPS) is 13.3. The van der Waals surface area contributed by atoms with Crippen LogP contribution < -0.4 is 10.5 Å². The average molecular weight is 330 g/mol. The Balaban J connectivity index is 2.32. The van der Waals surface area contributed by atoms with Crippen LogP contribution in [-0.4, -0.2) is 13.4 Å². The number of rotatable bonds is 4. The van der Waals surface area contributed by atoms with Crippen LogP contribution in [0.5, 0.6) is 0 Å². The molecule has 1 atom stereocenters. The fourth-order valence-electron chi connectivity index (χ4n) is 1.79. The molecule has 2 rings (SSSR count). The smallest absolute Gasteiger partial charge is 0.242 e. The van der Waals surface area contributed by atoms with Crippen LogP contribution in [0.15, 0.2) is 27.6 Å². The van der Waals surface area contributed by atoms with Gasteiger partial charge in [-0.25, -0.2) is 13.4 Å². The van der Waals surface area contributed by atoms with Gasteiger partial charge in [-0.3, -0.25) is 0 Å². The lowest BCUT2D eigenvalue weighted by atomic mass is 10.2. The van der Waals surface area contributed by atoms with Gasteiger partial charge in [0.15, 0.2) is 0 Å². The number of halogens is 1. The van der Waals surface area contributed by atoms with Gasteiger partial charge in [0.05, 0.1) is 17.3 Å². The largest absolute Gasteiger partial charge is 0.444 e. The van der Waals surface area contributed by atoms with Crippen LogP contribution in [-0.2, 0) is 10.0 Å². The van der Waals surface area contributed by atoms with Crippen LogP contribution in [0.1, 0.15) is 30.2 Å². The summed E-state index contributed by atoms with van der Waals surface area (Å²) in [6.45, 7) is 5.12. The summed E-state index contributed by atoms with van der Waals surface area (Å²) >= 11 is 6.01. The molecule has 0 amide bonds. The van der Waals surface area contributed by atoms with Gasteiger partial charge in [-0.05, 0) is 38.5 Å². The van der Waals surface area contributed by atoms with Crippen LogP contribution in [0.2, 0.25) is 5.02 Å². The Morgan fingerprint density at radius 2 is 2.05 bits per heavy atom. The maximum absolute atomic E-state index is 12.4. The fraction of sp³-hybridized carbons (Fsp3) is 0.308. The first-order chi connectivity index (χ1) is 9.70. The number of aryl methyl sites for hydroxylation is 2. The molecule has 114 valence electrons. The van der Waals surface area contributed by atoms with Gasteiger partial charge in [-0.15, -0.1) is 0 Å². The van der Waals surface area contributed by atoms with E-state index in [1.807, 2.05) is 0 Å². The SMILES string of the molecule is Cc1cnc(C(C)NS(=O)(=O)c2cc(N)c(C)cc2Cl)o1. The Bertz CT molecular complexity index is 771. The van der Waals surface area contributed by atoms with Crippen LogP contribution in [0, 0.1) is 13.8 Å². The summed E-state index contributed by atoms with van der Waals surface area (Å²) in [5.41, 5.74) is 6.83. The number of nitrogens with two attached hydrogens (primary N) is 1. The van der Waals surface area contributed by atoms with Gasteiger partial charge >= 0.3 is 0 Å². The van der Waals surface area contributed by atoms with E-state index in [1.165, 1.54) is 18.3 Å². The summed E-state index contributed by atoms with van der Waals surface area (Å²) in [6.07, 6.45) is 1.52. The zero-order valence-electron chi connectivity index (χ0n) is 11.8. The molecular weight excluding hydrogens is 314 g/mol. The molecule has 3 N–H and O–H groups in total. The lowest BCUT2D eigenvalue weighted by Crippen LogP contribution is -2.27. The lowest BCUT2D eigenvalue weighted by Gasteiger charge is -2.13. The van der Waals surface area contributed by atoms with Gasteiger partial charge in [0, 0.05) is 5.69 Å². The van der Waals surface area contributed by atoms with E-state index < -0.39 is 16.1 Å². The number of sulfonamides is 1. The molecule has 6 nitrogen and oxygen atoms in total. The van der Waals surface area contributed by atoms with E-state index in [0.717, 1.165) is 5.56 Å². The predicted molar refractivity (Wildman–Crippen MR) is 80.6 cm³/mol. The monoisotopic (exact) mass is 329 g/mol. The maximum atomic E-state index is 12.4. The number of hydrogen-bond acceptors (Lipinski definition) is 5. The summed E-state index contributed by atoms with van der Waals surface area (Å²) in [5, 5.41) is 0.116. The fourth-order valence-corrected chi connectivity index (χ4v) is 3.61. The minimum atomic E-state index is -3.83. The van der Waals surface area contributed by atoms with Crippen molar-refractivity contribution in [1.29, 1.82) is 0 Å². The molecule has 0 bridgehead atoms. The minimum absolute atomic E-state index is 0.0672. The van der Waals surface area contributed by atoms with Crippen molar-refractivity contribution in [3.8, 4) is 0 Å². The molecule has 1 unspecified atom stereocenters. The van der Waals surface area contributed by atoms with Gasteiger partial charge in [-0.1, -0.05) is 11.6 Å². The Morgan fingerprint density at radius 3 is 2.62 bits per heavy atom. The van der Waals surface area contributed by atoms with Crippen LogP contribution >= 0.6 is 11.6 Å². The summed E-state index contributed by atoms with van der Waals surface area (Å²) in [7, 11) is -3.83. The van der Waals surface area contributed by atoms with Crippen LogP contribution in [0.3, 0.4) is 0 Å². The molecule has 0 saturated carbocycles. The molecule has 21 heavy (non-hydrogen) atoms. The molecular formula is C13H16ClN3O3S. The molecule has 0 spiro atoms. The first-order valence-corrected chi connectivity index (χ1v) is 8.07. The topological polar surface area (TPSA) is 98.2 Å². The summed E-state index contributed by atoms with van der Waals surface area (Å²) in [4.78, 5) is 3.93. The van der Waals surface area contributed by atoms with Crippen molar-refractivity contribution >= 4 is 27.3 Å². The zero-order valence-corrected chi connectivity index (χ0v) is 13.4. The standard InChI is InChI=1S/C13H16ClN3O3S/c1-7-4-10(14)12(5-11(7)15)21(18,19)17-9(3)13-16-6-8(2)20-13/h4-6,9,17H,15H2,1-3H3. The first kappa shape index (κ1) is 15.8. The minimum Gasteiger partial charge on any atom is -0.444 e. The van der Waals surface area contributed by atoms with Crippen LogP contribution in [0.4, 0.5) is 5.69 Å². The molecule has 1 aromatic carbocycles. The van der Waals surface area contributed by atoms with Crippen molar-refractivity contribution in [2.24, 2.45) is 0 Å². The number of hydrogen-bond donors (Lipinski definition) is 2. The molecule has 0 saturated heterocycles. The zero-order chi connectivity index (χ0) is 15.8. The van der Waals surface area contributed by atoms with Gasteiger partial charge in [0.1, 0.15) is 10.7 Å². The second kappa shape index (κ2) is 5.67. The third kappa shape index (κ3) is 3.37. The summed E-state index contributed by atoms with van der Waals surface area (Å²) < 4.78 is 32.5. The van der Waals surface area contributed by atoms with E-state index >= 15 is 0 Å². The average Bonchev–Trinajstić information content (AvgIpc) is 2.80. The van der Waals surface area contributed by atoms with E-state index in [9.17, 15) is 8.42 Å². The quantitative estimate of drug-likeness (QED) is 0.840. The van der Waals surface area contributed by atoms with E-state index in [4.69, 9.17) is 21.8 Å². The van der Waals surface area contributed by atoms with Crippen molar-refractivity contribution in [3.05, 3.63) is 40.6 Å². The molecule has 1 aromatic heterocycles. The molecule has 0 aliphatic heterocycles. The Hall–Kier alpha value is -1.57. The van der Waals surface area contributed by atoms with Gasteiger partial charge in [0.25, 0.3) is 0 Å². The van der Waals surface area contributed by atoms with Crippen molar-refractivity contribution in [2.45, 2.75) is 31.7 Å². The van der Waals surface area contributed by atoms with Crippen molar-refractivity contribution in [1.82, 2.24) is 9.71 Å². The number of benzene rings is 1. The summed E-state index contributed by atoms with van der Waals surface area (Å²) in [5.74, 6) is 0.890. The van der Waals surface area contributed by atoms with E-state index in [0.29, 0.717) is 11.4 Å². The molecule has 0 aliphatic carbocycles. The lowest BCUT2D eigenvalue weighted by molar-refractivity contribution is 0.428. The van der Waals surface area contributed by atoms with Gasteiger partial charge < -0.3 is 10.2 Å². The number of oxazole rings is 1. The predicted octanol–water partition coefficient (Wildman–Crippen LogP) is 2.57.